The van der Waals surface area contributed by atoms with Crippen molar-refractivity contribution >= 4 is 5.82 Å². The van der Waals surface area contributed by atoms with Crippen LogP contribution in [0.15, 0.2) is 70.4 Å². The molecule has 1 aliphatic rings. The number of aromatic amines is 1. The highest BCUT2D eigenvalue weighted by atomic mass is 16.5. The van der Waals surface area contributed by atoms with Crippen molar-refractivity contribution in [3.05, 3.63) is 87.1 Å². The van der Waals surface area contributed by atoms with Gasteiger partial charge in [0.15, 0.2) is 0 Å². The zero-order valence-corrected chi connectivity index (χ0v) is 18.0. The Bertz CT molecular complexity index is 1130. The average Bonchev–Trinajstić information content (AvgIpc) is 2.79. The van der Waals surface area contributed by atoms with Gasteiger partial charge in [0.05, 0.1) is 0 Å². The van der Waals surface area contributed by atoms with E-state index in [0.29, 0.717) is 24.1 Å². The Morgan fingerprint density at radius 3 is 2.42 bits per heavy atom. The van der Waals surface area contributed by atoms with Crippen molar-refractivity contribution in [1.82, 2.24) is 14.5 Å². The summed E-state index contributed by atoms with van der Waals surface area (Å²) in [5.41, 5.74) is 0.725. The number of anilines is 1. The summed E-state index contributed by atoms with van der Waals surface area (Å²) in [5, 5.41) is 0. The number of piperidine rings is 1. The molecule has 3 aromatic rings. The molecule has 0 atom stereocenters. The van der Waals surface area contributed by atoms with Crippen LogP contribution in [0.4, 0.5) is 5.82 Å². The Balaban J connectivity index is 1.47. The van der Waals surface area contributed by atoms with Crippen molar-refractivity contribution in [1.29, 1.82) is 0 Å². The van der Waals surface area contributed by atoms with E-state index in [1.807, 2.05) is 36.4 Å². The van der Waals surface area contributed by atoms with Gasteiger partial charge in [-0.2, -0.15) is 0 Å². The van der Waals surface area contributed by atoms with Crippen LogP contribution < -0.4 is 20.8 Å². The van der Waals surface area contributed by atoms with Gasteiger partial charge in [0, 0.05) is 31.4 Å². The molecule has 0 amide bonds. The third-order valence-corrected chi connectivity index (χ3v) is 5.81. The summed E-state index contributed by atoms with van der Waals surface area (Å²) in [6.07, 6.45) is 3.69. The fourth-order valence-corrected chi connectivity index (χ4v) is 3.94. The highest BCUT2D eigenvalue weighted by Gasteiger charge is 2.21. The molecule has 1 saturated heterocycles. The van der Waals surface area contributed by atoms with E-state index in [0.717, 1.165) is 37.3 Å². The molecule has 1 aromatic carbocycles. The predicted molar refractivity (Wildman–Crippen MR) is 122 cm³/mol. The lowest BCUT2D eigenvalue weighted by Crippen LogP contribution is -2.42. The molecule has 31 heavy (non-hydrogen) atoms. The van der Waals surface area contributed by atoms with E-state index < -0.39 is 0 Å². The van der Waals surface area contributed by atoms with E-state index in [9.17, 15) is 9.59 Å². The number of hydrogen-bond donors (Lipinski definition) is 1. The second-order valence-electron chi connectivity index (χ2n) is 8.08. The Kier molecular flexibility index (Phi) is 6.23. The summed E-state index contributed by atoms with van der Waals surface area (Å²) < 4.78 is 7.05. The number of nitrogens with one attached hydrogen (secondary N) is 1. The molecule has 0 spiro atoms. The molecule has 4 rings (SSSR count). The largest absolute Gasteiger partial charge is 0.489 e. The Morgan fingerprint density at radius 2 is 1.77 bits per heavy atom. The van der Waals surface area contributed by atoms with Gasteiger partial charge < -0.3 is 19.5 Å². The predicted octanol–water partition coefficient (Wildman–Crippen LogP) is 2.64. The van der Waals surface area contributed by atoms with E-state index in [2.05, 4.69) is 28.9 Å². The van der Waals surface area contributed by atoms with Crippen molar-refractivity contribution < 1.29 is 4.74 Å². The first-order valence-corrected chi connectivity index (χ1v) is 10.6. The topological polar surface area (TPSA) is 70.6 Å². The van der Waals surface area contributed by atoms with Crippen LogP contribution in [0.3, 0.4) is 0 Å². The van der Waals surface area contributed by atoms with Crippen LogP contribution >= 0.6 is 0 Å². The molecule has 0 unspecified atom stereocenters. The van der Waals surface area contributed by atoms with Crippen LogP contribution in [0.5, 0.6) is 5.75 Å². The monoisotopic (exact) mass is 420 g/mol. The lowest BCUT2D eigenvalue weighted by Gasteiger charge is -2.36. The Labute approximate surface area is 181 Å². The van der Waals surface area contributed by atoms with Crippen molar-refractivity contribution in [3.8, 4) is 11.4 Å². The second-order valence-corrected chi connectivity index (χ2v) is 8.08. The zero-order valence-electron chi connectivity index (χ0n) is 18.0. The zero-order chi connectivity index (χ0) is 21.8. The minimum atomic E-state index is -0.310. The molecule has 3 heterocycles. The number of rotatable bonds is 6. The third-order valence-electron chi connectivity index (χ3n) is 5.81. The van der Waals surface area contributed by atoms with Gasteiger partial charge in [-0.25, -0.2) is 0 Å². The number of ether oxygens (including phenoxy) is 1. The second kappa shape index (κ2) is 9.22. The van der Waals surface area contributed by atoms with Crippen molar-refractivity contribution in [3.63, 3.8) is 0 Å². The van der Waals surface area contributed by atoms with Gasteiger partial charge in [0.25, 0.3) is 11.1 Å². The van der Waals surface area contributed by atoms with E-state index in [1.54, 1.807) is 18.3 Å². The molecule has 162 valence electrons. The summed E-state index contributed by atoms with van der Waals surface area (Å²) in [7, 11) is 4.21. The molecule has 7 heteroatoms. The van der Waals surface area contributed by atoms with Crippen LogP contribution in [0.2, 0.25) is 0 Å². The first-order valence-electron chi connectivity index (χ1n) is 10.6. The molecule has 7 nitrogen and oxygen atoms in total. The number of H-pyrrole nitrogens is 1. The number of pyridine rings is 2. The van der Waals surface area contributed by atoms with Gasteiger partial charge in [-0.3, -0.25) is 14.2 Å². The molecule has 1 aliphatic heterocycles. The van der Waals surface area contributed by atoms with Crippen LogP contribution in [0.25, 0.3) is 5.69 Å². The summed E-state index contributed by atoms with van der Waals surface area (Å²) >= 11 is 0. The summed E-state index contributed by atoms with van der Waals surface area (Å²) in [6, 6.07) is 17.0. The molecule has 0 radical (unpaired) electrons. The van der Waals surface area contributed by atoms with Crippen LogP contribution in [-0.4, -0.2) is 47.7 Å². The lowest BCUT2D eigenvalue weighted by atomic mass is 10.0. The van der Waals surface area contributed by atoms with Crippen LogP contribution in [-0.2, 0) is 6.61 Å². The Hall–Kier alpha value is -3.32. The third kappa shape index (κ3) is 4.88. The lowest BCUT2D eigenvalue weighted by molar-refractivity contribution is 0.249. The highest BCUT2D eigenvalue weighted by molar-refractivity contribution is 5.44. The molecular formula is C24H28N4O3. The van der Waals surface area contributed by atoms with Gasteiger partial charge >= 0.3 is 0 Å². The normalized spacial score (nSPS) is 14.7. The van der Waals surface area contributed by atoms with E-state index in [4.69, 9.17) is 4.74 Å². The maximum Gasteiger partial charge on any atom is 0.273 e. The number of benzene rings is 1. The number of nitrogens with zero attached hydrogens (tertiary/aromatic N) is 3. The summed E-state index contributed by atoms with van der Waals surface area (Å²) in [6.45, 7) is 2.17. The standard InChI is InChI=1S/C24H28N4O3/c1-26(2)19-10-13-27(14-11-19)22-9-8-21(24(30)25-22)28-15-12-20(16-23(28)29)31-17-18-6-4-3-5-7-18/h3-9,12,15-16,19H,10-11,13-14,17H2,1-2H3,(H,25,30). The summed E-state index contributed by atoms with van der Waals surface area (Å²) in [5.74, 6) is 1.27. The molecule has 0 aliphatic carbocycles. The van der Waals surface area contributed by atoms with Crippen LogP contribution in [0, 0.1) is 0 Å². The van der Waals surface area contributed by atoms with Crippen molar-refractivity contribution in [2.24, 2.45) is 0 Å². The SMILES string of the molecule is CN(C)C1CCN(c2ccc(-n3ccc(OCc4ccccc4)cc3=O)c(=O)[nH]2)CC1. The minimum absolute atomic E-state index is 0.285. The average molecular weight is 421 g/mol. The fraction of sp³-hybridized carbons (Fsp3) is 0.333. The Morgan fingerprint density at radius 1 is 1.03 bits per heavy atom. The van der Waals surface area contributed by atoms with Gasteiger partial charge in [-0.15, -0.1) is 0 Å². The molecular weight excluding hydrogens is 392 g/mol. The summed E-state index contributed by atoms with van der Waals surface area (Å²) in [4.78, 5) is 32.7. The van der Waals surface area contributed by atoms with Crippen molar-refractivity contribution in [2.75, 3.05) is 32.1 Å². The van der Waals surface area contributed by atoms with Gasteiger partial charge in [0.1, 0.15) is 23.9 Å². The number of hydrogen-bond acceptors (Lipinski definition) is 5. The fourth-order valence-electron chi connectivity index (χ4n) is 3.94. The molecule has 0 bridgehead atoms. The van der Waals surface area contributed by atoms with Crippen LogP contribution in [0.1, 0.15) is 18.4 Å². The maximum absolute atomic E-state index is 12.7. The van der Waals surface area contributed by atoms with Crippen molar-refractivity contribution in [2.45, 2.75) is 25.5 Å². The van der Waals surface area contributed by atoms with Gasteiger partial charge in [0.2, 0.25) is 0 Å². The van der Waals surface area contributed by atoms with E-state index in [1.165, 1.54) is 10.6 Å². The highest BCUT2D eigenvalue weighted by Crippen LogP contribution is 2.19. The first kappa shape index (κ1) is 20.9. The first-order chi connectivity index (χ1) is 15.0. The minimum Gasteiger partial charge on any atom is -0.489 e. The molecule has 1 fully saturated rings. The smallest absolute Gasteiger partial charge is 0.273 e. The van der Waals surface area contributed by atoms with E-state index >= 15 is 0 Å². The molecule has 1 N–H and O–H groups in total. The van der Waals surface area contributed by atoms with E-state index in [-0.39, 0.29) is 11.1 Å². The number of aromatic nitrogens is 2. The molecule has 0 saturated carbocycles. The maximum atomic E-state index is 12.7. The van der Waals surface area contributed by atoms with Gasteiger partial charge in [-0.05, 0) is 50.7 Å². The van der Waals surface area contributed by atoms with Gasteiger partial charge in [-0.1, -0.05) is 30.3 Å². The molecule has 2 aromatic heterocycles. The quantitative estimate of drug-likeness (QED) is 0.664.